The molecule has 0 spiro atoms. The highest BCUT2D eigenvalue weighted by Gasteiger charge is 2.11. The van der Waals surface area contributed by atoms with Gasteiger partial charge in [0.2, 0.25) is 0 Å². The first kappa shape index (κ1) is 13.2. The minimum Gasteiger partial charge on any atom is -0.481 e. The molecular weight excluding hydrogens is 208 g/mol. The van der Waals surface area contributed by atoms with Crippen LogP contribution in [0.25, 0.3) is 0 Å². The molecule has 0 unspecified atom stereocenters. The summed E-state index contributed by atoms with van der Waals surface area (Å²) in [5, 5.41) is 16.4. The van der Waals surface area contributed by atoms with E-state index in [0.29, 0.717) is 0 Å². The molecule has 2 N–H and O–H groups in total. The van der Waals surface area contributed by atoms with Crippen LogP contribution >= 0.6 is 0 Å². The van der Waals surface area contributed by atoms with Crippen LogP contribution in [-0.2, 0) is 23.9 Å². The lowest BCUT2D eigenvalue weighted by Gasteiger charge is -2.00. The largest absolute Gasteiger partial charge is 0.481 e. The molecule has 0 aromatic carbocycles. The number of Topliss-reactive ketones (excluding diaryl/α,β-unsaturated/α-hetero) is 2. The monoisotopic (exact) mass is 218 g/mol. The molecule has 0 rings (SSSR count). The van der Waals surface area contributed by atoms with E-state index in [0.717, 1.165) is 0 Å². The topological polar surface area (TPSA) is 118 Å². The molecule has 15 heavy (non-hydrogen) atoms. The van der Waals surface area contributed by atoms with Crippen LogP contribution in [0.4, 0.5) is 0 Å². The normalized spacial score (nSPS) is 9.60. The molecule has 0 saturated heterocycles. The van der Waals surface area contributed by atoms with E-state index < -0.39 is 49.6 Å². The van der Waals surface area contributed by atoms with Crippen molar-refractivity contribution in [3.63, 3.8) is 0 Å². The Morgan fingerprint density at radius 2 is 1.13 bits per heavy atom. The van der Waals surface area contributed by atoms with Crippen molar-refractivity contribution in [2.45, 2.75) is 12.8 Å². The van der Waals surface area contributed by atoms with Crippen molar-refractivity contribution < 1.29 is 34.1 Å². The number of aliphatic carboxylic acids is 2. The number of carboxylic acid groups (broad SMARTS) is 2. The average molecular weight is 218 g/mol. The lowest BCUT2D eigenvalue weighted by molar-refractivity contribution is -0.141. The van der Waals surface area contributed by atoms with Gasteiger partial charge in [-0.05, 0) is 0 Å². The fraction of sp³-hybridized carbons (Fsp3) is 0.500. The zero-order chi connectivity index (χ0) is 11.8. The van der Waals surface area contributed by atoms with E-state index >= 15 is 0 Å². The van der Waals surface area contributed by atoms with Crippen molar-refractivity contribution in [3.05, 3.63) is 0 Å². The van der Waals surface area contributed by atoms with Crippen LogP contribution in [0.3, 0.4) is 0 Å². The SMILES string of the molecule is O=C(O)CC(=O)COCC(=O)CC(=O)O. The van der Waals surface area contributed by atoms with Crippen LogP contribution in [0, 0.1) is 0 Å². The number of hydrogen-bond acceptors (Lipinski definition) is 5. The van der Waals surface area contributed by atoms with Gasteiger partial charge >= 0.3 is 11.9 Å². The third-order valence-corrected chi connectivity index (χ3v) is 1.22. The van der Waals surface area contributed by atoms with E-state index in [4.69, 9.17) is 10.2 Å². The highest BCUT2D eigenvalue weighted by atomic mass is 16.5. The number of carbonyl (C=O) groups is 4. The molecule has 0 saturated carbocycles. The van der Waals surface area contributed by atoms with Gasteiger partial charge in [-0.1, -0.05) is 0 Å². The van der Waals surface area contributed by atoms with Gasteiger partial charge in [0.25, 0.3) is 0 Å². The molecule has 0 amide bonds. The second-order valence-electron chi connectivity index (χ2n) is 2.71. The number of ether oxygens (including phenoxy) is 1. The van der Waals surface area contributed by atoms with Gasteiger partial charge in [0.15, 0.2) is 11.6 Å². The van der Waals surface area contributed by atoms with E-state index in [1.165, 1.54) is 0 Å². The highest BCUT2D eigenvalue weighted by molar-refractivity contribution is 5.96. The Hall–Kier alpha value is -1.76. The average Bonchev–Trinajstić information content (AvgIpc) is 2.00. The molecule has 0 fully saturated rings. The number of carbonyl (C=O) groups excluding carboxylic acids is 2. The molecular formula is C8H10O7. The van der Waals surface area contributed by atoms with Crippen molar-refractivity contribution in [1.29, 1.82) is 0 Å². The van der Waals surface area contributed by atoms with Crippen LogP contribution in [0.15, 0.2) is 0 Å². The Kier molecular flexibility index (Phi) is 5.88. The van der Waals surface area contributed by atoms with Crippen LogP contribution in [-0.4, -0.2) is 46.9 Å². The molecule has 7 nitrogen and oxygen atoms in total. The van der Waals surface area contributed by atoms with Gasteiger partial charge in [0.05, 0.1) is 0 Å². The second-order valence-corrected chi connectivity index (χ2v) is 2.71. The Labute approximate surface area is 84.6 Å². The van der Waals surface area contributed by atoms with Gasteiger partial charge in [0, 0.05) is 0 Å². The Bertz CT molecular complexity index is 253. The minimum atomic E-state index is -1.28. The van der Waals surface area contributed by atoms with Crippen LogP contribution < -0.4 is 0 Å². The summed E-state index contributed by atoms with van der Waals surface area (Å²) in [7, 11) is 0. The van der Waals surface area contributed by atoms with Crippen LogP contribution in [0.5, 0.6) is 0 Å². The van der Waals surface area contributed by atoms with Gasteiger partial charge in [-0.15, -0.1) is 0 Å². The van der Waals surface area contributed by atoms with Gasteiger partial charge in [0.1, 0.15) is 26.1 Å². The maximum absolute atomic E-state index is 10.7. The molecule has 0 aromatic rings. The molecule has 0 radical (unpaired) electrons. The zero-order valence-electron chi connectivity index (χ0n) is 7.76. The second kappa shape index (κ2) is 6.66. The lowest BCUT2D eigenvalue weighted by atomic mass is 10.3. The molecule has 0 aromatic heterocycles. The van der Waals surface area contributed by atoms with Gasteiger partial charge in [-0.2, -0.15) is 0 Å². The van der Waals surface area contributed by atoms with Crippen molar-refractivity contribution in [3.8, 4) is 0 Å². The molecule has 0 aliphatic rings. The smallest absolute Gasteiger partial charge is 0.310 e. The van der Waals surface area contributed by atoms with Gasteiger partial charge in [-0.3, -0.25) is 19.2 Å². The summed E-state index contributed by atoms with van der Waals surface area (Å²) < 4.78 is 4.53. The predicted molar refractivity (Wildman–Crippen MR) is 45.3 cm³/mol. The number of hydrogen-bond donors (Lipinski definition) is 2. The number of ketones is 2. The molecule has 0 aliphatic carbocycles. The molecule has 0 aliphatic heterocycles. The molecule has 0 heterocycles. The van der Waals surface area contributed by atoms with Crippen molar-refractivity contribution in [2.75, 3.05) is 13.2 Å². The Balaban J connectivity index is 3.61. The summed E-state index contributed by atoms with van der Waals surface area (Å²) in [5.74, 6) is -3.91. The quantitative estimate of drug-likeness (QED) is 0.506. The number of carboxylic acids is 2. The highest BCUT2D eigenvalue weighted by Crippen LogP contribution is 1.89. The third kappa shape index (κ3) is 8.57. The van der Waals surface area contributed by atoms with E-state index in [1.807, 2.05) is 0 Å². The summed E-state index contributed by atoms with van der Waals surface area (Å²) in [5.41, 5.74) is 0. The van der Waals surface area contributed by atoms with Gasteiger partial charge in [-0.25, -0.2) is 0 Å². The Morgan fingerprint density at radius 3 is 1.40 bits per heavy atom. The van der Waals surface area contributed by atoms with Gasteiger partial charge < -0.3 is 14.9 Å². The van der Waals surface area contributed by atoms with E-state index in [9.17, 15) is 19.2 Å². The fourth-order valence-electron chi connectivity index (χ4n) is 0.718. The first-order valence-corrected chi connectivity index (χ1v) is 3.96. The van der Waals surface area contributed by atoms with Crippen molar-refractivity contribution in [2.24, 2.45) is 0 Å². The van der Waals surface area contributed by atoms with Crippen molar-refractivity contribution in [1.82, 2.24) is 0 Å². The fourth-order valence-corrected chi connectivity index (χ4v) is 0.718. The van der Waals surface area contributed by atoms with E-state index in [-0.39, 0.29) is 0 Å². The van der Waals surface area contributed by atoms with E-state index in [2.05, 4.69) is 4.74 Å². The zero-order valence-corrected chi connectivity index (χ0v) is 7.76. The first-order valence-electron chi connectivity index (χ1n) is 3.96. The molecule has 84 valence electrons. The molecule has 0 bridgehead atoms. The third-order valence-electron chi connectivity index (χ3n) is 1.22. The maximum Gasteiger partial charge on any atom is 0.310 e. The van der Waals surface area contributed by atoms with Crippen LogP contribution in [0.1, 0.15) is 12.8 Å². The maximum atomic E-state index is 10.7. The minimum absolute atomic E-state index is 0.502. The summed E-state index contributed by atoms with van der Waals surface area (Å²) in [6, 6.07) is 0. The summed E-state index contributed by atoms with van der Waals surface area (Å²) in [6.07, 6.45) is -1.35. The van der Waals surface area contributed by atoms with Crippen molar-refractivity contribution >= 4 is 23.5 Å². The van der Waals surface area contributed by atoms with E-state index in [1.54, 1.807) is 0 Å². The number of rotatable bonds is 8. The Morgan fingerprint density at radius 1 is 0.800 bits per heavy atom. The summed E-state index contributed by atoms with van der Waals surface area (Å²) >= 11 is 0. The predicted octanol–water partition coefficient (Wildman–Crippen LogP) is -0.909. The summed E-state index contributed by atoms with van der Waals surface area (Å²) in [4.78, 5) is 41.5. The van der Waals surface area contributed by atoms with Crippen LogP contribution in [0.2, 0.25) is 0 Å². The molecule has 0 atom stereocenters. The molecule has 7 heteroatoms. The standard InChI is InChI=1S/C8H10O7/c9-5(1-7(11)12)3-15-4-6(10)2-8(13)14/h1-4H2,(H,11,12)(H,13,14). The lowest BCUT2D eigenvalue weighted by Crippen LogP contribution is -2.18. The summed E-state index contributed by atoms with van der Waals surface area (Å²) in [6.45, 7) is -1.00. The first-order chi connectivity index (χ1) is 6.91.